The van der Waals surface area contributed by atoms with Crippen molar-refractivity contribution in [2.45, 2.75) is 45.6 Å². The van der Waals surface area contributed by atoms with Crippen LogP contribution in [0.4, 0.5) is 11.5 Å². The van der Waals surface area contributed by atoms with Crippen LogP contribution < -0.4 is 10.6 Å². The zero-order valence-electron chi connectivity index (χ0n) is 23.4. The van der Waals surface area contributed by atoms with Crippen molar-refractivity contribution in [3.8, 4) is 11.1 Å². The van der Waals surface area contributed by atoms with Crippen molar-refractivity contribution in [3.63, 3.8) is 0 Å². The van der Waals surface area contributed by atoms with E-state index in [0.29, 0.717) is 35.8 Å². The number of amides is 2. The molecular formula is C34H36N4O2. The van der Waals surface area contributed by atoms with Gasteiger partial charge in [-0.3, -0.25) is 9.59 Å². The number of carbonyl (C=O) groups excluding carboxylic acids is 2. The Bertz CT molecular complexity index is 1460. The monoisotopic (exact) mass is 532 g/mol. The van der Waals surface area contributed by atoms with Crippen LogP contribution in [0, 0.1) is 6.92 Å². The Kier molecular flexibility index (Phi) is 8.25. The molecule has 6 nitrogen and oxygen atoms in total. The van der Waals surface area contributed by atoms with Crippen molar-refractivity contribution < 1.29 is 9.59 Å². The van der Waals surface area contributed by atoms with Crippen LogP contribution in [-0.2, 0) is 0 Å². The summed E-state index contributed by atoms with van der Waals surface area (Å²) in [4.78, 5) is 32.5. The number of likely N-dealkylation sites (tertiary alicyclic amines) is 1. The molecule has 3 aromatic carbocycles. The highest BCUT2D eigenvalue weighted by atomic mass is 16.2. The Balaban J connectivity index is 1.20. The minimum absolute atomic E-state index is 0.000783. The average molecular weight is 533 g/mol. The molecule has 40 heavy (non-hydrogen) atoms. The standard InChI is InChI=1S/C34H36N4O2/c1-23(2)36-32-16-15-30(22-35-32)33(39)37-31-21-29(10-9-24(31)3)34(40)38-19-17-28(18-20-38)27-13-11-26(12-14-27)25-7-5-4-6-8-25/h4-16,21-23,28H,17-20H2,1-3H3,(H,35,36)(H,37,39). The van der Waals surface area contributed by atoms with Crippen LogP contribution >= 0.6 is 0 Å². The maximum atomic E-state index is 13.4. The minimum atomic E-state index is -0.254. The van der Waals surface area contributed by atoms with Crippen molar-refractivity contribution in [2.24, 2.45) is 0 Å². The van der Waals surface area contributed by atoms with Gasteiger partial charge in [-0.05, 0) is 86.1 Å². The molecule has 1 saturated heterocycles. The van der Waals surface area contributed by atoms with Gasteiger partial charge in [-0.1, -0.05) is 60.7 Å². The van der Waals surface area contributed by atoms with Gasteiger partial charge in [-0.25, -0.2) is 4.98 Å². The summed E-state index contributed by atoms with van der Waals surface area (Å²) in [5.74, 6) is 0.912. The molecule has 2 N–H and O–H groups in total. The van der Waals surface area contributed by atoms with E-state index in [4.69, 9.17) is 0 Å². The second-order valence-corrected chi connectivity index (χ2v) is 10.8. The van der Waals surface area contributed by atoms with Crippen molar-refractivity contribution >= 4 is 23.3 Å². The first-order chi connectivity index (χ1) is 19.4. The normalized spacial score (nSPS) is 13.8. The fraction of sp³-hybridized carbons (Fsp3) is 0.265. The first kappa shape index (κ1) is 27.1. The number of hydrogen-bond donors (Lipinski definition) is 2. The van der Waals surface area contributed by atoms with E-state index in [2.05, 4.69) is 64.1 Å². The zero-order valence-corrected chi connectivity index (χ0v) is 23.4. The fourth-order valence-electron chi connectivity index (χ4n) is 5.17. The molecule has 2 amide bonds. The Labute approximate surface area is 236 Å². The molecule has 1 fully saturated rings. The van der Waals surface area contributed by atoms with E-state index in [1.54, 1.807) is 24.4 Å². The van der Waals surface area contributed by atoms with Crippen molar-refractivity contribution in [1.82, 2.24) is 9.88 Å². The third-order valence-corrected chi connectivity index (χ3v) is 7.47. The van der Waals surface area contributed by atoms with E-state index in [1.165, 1.54) is 16.7 Å². The van der Waals surface area contributed by atoms with E-state index in [0.717, 1.165) is 24.2 Å². The number of piperidine rings is 1. The molecule has 0 unspecified atom stereocenters. The second-order valence-electron chi connectivity index (χ2n) is 10.8. The molecule has 0 atom stereocenters. The molecule has 2 heterocycles. The summed E-state index contributed by atoms with van der Waals surface area (Å²) in [5.41, 5.74) is 6.34. The van der Waals surface area contributed by atoms with Gasteiger partial charge in [0, 0.05) is 36.6 Å². The average Bonchev–Trinajstić information content (AvgIpc) is 2.98. The van der Waals surface area contributed by atoms with Gasteiger partial charge in [0.15, 0.2) is 0 Å². The number of anilines is 2. The summed E-state index contributed by atoms with van der Waals surface area (Å²) in [6, 6.07) is 28.5. The van der Waals surface area contributed by atoms with Crippen LogP contribution in [0.25, 0.3) is 11.1 Å². The number of nitrogens with one attached hydrogen (secondary N) is 2. The van der Waals surface area contributed by atoms with Gasteiger partial charge in [0.1, 0.15) is 5.82 Å². The van der Waals surface area contributed by atoms with Crippen LogP contribution in [0.1, 0.15) is 64.4 Å². The number of carbonyl (C=O) groups is 2. The summed E-state index contributed by atoms with van der Waals surface area (Å²) in [7, 11) is 0. The predicted octanol–water partition coefficient (Wildman–Crippen LogP) is 7.15. The van der Waals surface area contributed by atoms with Crippen molar-refractivity contribution in [1.29, 1.82) is 0 Å². The molecule has 6 heteroatoms. The first-order valence-corrected chi connectivity index (χ1v) is 14.0. The highest BCUT2D eigenvalue weighted by Crippen LogP contribution is 2.31. The lowest BCUT2D eigenvalue weighted by molar-refractivity contribution is 0.0712. The quantitative estimate of drug-likeness (QED) is 0.265. The molecule has 0 radical (unpaired) electrons. The molecule has 204 valence electrons. The maximum Gasteiger partial charge on any atom is 0.257 e. The fourth-order valence-corrected chi connectivity index (χ4v) is 5.17. The maximum absolute atomic E-state index is 13.4. The Hall–Kier alpha value is -4.45. The molecule has 0 bridgehead atoms. The number of pyridine rings is 1. The van der Waals surface area contributed by atoms with Crippen LogP contribution in [0.15, 0.2) is 91.1 Å². The van der Waals surface area contributed by atoms with Gasteiger partial charge in [-0.2, -0.15) is 0 Å². The van der Waals surface area contributed by atoms with Crippen molar-refractivity contribution in [3.05, 3.63) is 113 Å². The SMILES string of the molecule is Cc1ccc(C(=O)N2CCC(c3ccc(-c4ccccc4)cc3)CC2)cc1NC(=O)c1ccc(NC(C)C)nc1. The highest BCUT2D eigenvalue weighted by Gasteiger charge is 2.25. The smallest absolute Gasteiger partial charge is 0.257 e. The third kappa shape index (κ3) is 6.40. The number of aromatic nitrogens is 1. The summed E-state index contributed by atoms with van der Waals surface area (Å²) >= 11 is 0. The lowest BCUT2D eigenvalue weighted by atomic mass is 9.88. The number of aryl methyl sites for hydroxylation is 1. The van der Waals surface area contributed by atoms with Gasteiger partial charge in [0.25, 0.3) is 11.8 Å². The number of nitrogens with zero attached hydrogens (tertiary/aromatic N) is 2. The Morgan fingerprint density at radius 3 is 2.17 bits per heavy atom. The third-order valence-electron chi connectivity index (χ3n) is 7.47. The molecule has 0 spiro atoms. The summed E-state index contributed by atoms with van der Waals surface area (Å²) in [5, 5.41) is 6.18. The van der Waals surface area contributed by atoms with Gasteiger partial charge in [0.05, 0.1) is 5.56 Å². The molecule has 1 aliphatic heterocycles. The number of rotatable bonds is 7. The molecule has 5 rings (SSSR count). The lowest BCUT2D eigenvalue weighted by Crippen LogP contribution is -2.38. The van der Waals surface area contributed by atoms with Gasteiger partial charge >= 0.3 is 0 Å². The Morgan fingerprint density at radius 2 is 1.52 bits per heavy atom. The van der Waals surface area contributed by atoms with E-state index in [-0.39, 0.29) is 17.9 Å². The largest absolute Gasteiger partial charge is 0.368 e. The summed E-state index contributed by atoms with van der Waals surface area (Å²) < 4.78 is 0. The van der Waals surface area contributed by atoms with Gasteiger partial charge in [-0.15, -0.1) is 0 Å². The second kappa shape index (κ2) is 12.2. The lowest BCUT2D eigenvalue weighted by Gasteiger charge is -2.32. The molecule has 1 aliphatic rings. The first-order valence-electron chi connectivity index (χ1n) is 14.0. The van der Waals surface area contributed by atoms with Crippen LogP contribution in [0.3, 0.4) is 0 Å². The van der Waals surface area contributed by atoms with Gasteiger partial charge < -0.3 is 15.5 Å². The van der Waals surface area contributed by atoms with E-state index >= 15 is 0 Å². The van der Waals surface area contributed by atoms with Crippen molar-refractivity contribution in [2.75, 3.05) is 23.7 Å². The van der Waals surface area contributed by atoms with Crippen LogP contribution in [-0.4, -0.2) is 40.8 Å². The predicted molar refractivity (Wildman–Crippen MR) is 162 cm³/mol. The molecule has 0 aliphatic carbocycles. The zero-order chi connectivity index (χ0) is 28.1. The topological polar surface area (TPSA) is 74.3 Å². The minimum Gasteiger partial charge on any atom is -0.368 e. The summed E-state index contributed by atoms with van der Waals surface area (Å²) in [6.07, 6.45) is 3.42. The summed E-state index contributed by atoms with van der Waals surface area (Å²) in [6.45, 7) is 7.41. The van der Waals surface area contributed by atoms with Crippen LogP contribution in [0.2, 0.25) is 0 Å². The van der Waals surface area contributed by atoms with Crippen LogP contribution in [0.5, 0.6) is 0 Å². The van der Waals surface area contributed by atoms with E-state index in [1.807, 2.05) is 43.9 Å². The Morgan fingerprint density at radius 1 is 0.850 bits per heavy atom. The molecular weight excluding hydrogens is 496 g/mol. The highest BCUT2D eigenvalue weighted by molar-refractivity contribution is 6.05. The molecule has 1 aromatic heterocycles. The molecule has 4 aromatic rings. The van der Waals surface area contributed by atoms with Gasteiger partial charge in [0.2, 0.25) is 0 Å². The number of benzene rings is 3. The van der Waals surface area contributed by atoms with E-state index < -0.39 is 0 Å². The molecule has 0 saturated carbocycles. The number of hydrogen-bond acceptors (Lipinski definition) is 4. The van der Waals surface area contributed by atoms with E-state index in [9.17, 15) is 9.59 Å².